The summed E-state index contributed by atoms with van der Waals surface area (Å²) in [7, 11) is 0. The van der Waals surface area contributed by atoms with Crippen LogP contribution in [0.5, 0.6) is 0 Å². The lowest BCUT2D eigenvalue weighted by molar-refractivity contribution is -0.134. The molecule has 1 N–H and O–H groups in total. The van der Waals surface area contributed by atoms with Gasteiger partial charge in [-0.15, -0.1) is 0 Å². The van der Waals surface area contributed by atoms with E-state index < -0.39 is 0 Å². The van der Waals surface area contributed by atoms with Crippen LogP contribution >= 0.6 is 0 Å². The molecule has 0 aromatic heterocycles. The van der Waals surface area contributed by atoms with Crippen LogP contribution < -0.4 is 0 Å². The highest BCUT2D eigenvalue weighted by Crippen LogP contribution is 2.79. The maximum atomic E-state index is 12.5. The van der Waals surface area contributed by atoms with Crippen molar-refractivity contribution in [1.82, 2.24) is 0 Å². The summed E-state index contributed by atoms with van der Waals surface area (Å²) < 4.78 is 0. The minimum Gasteiger partial charge on any atom is -0.393 e. The Morgan fingerprint density at radius 2 is 1.78 bits per heavy atom. The third-order valence-electron chi connectivity index (χ3n) is 9.61. The largest absolute Gasteiger partial charge is 0.393 e. The first-order valence-electron chi connectivity index (χ1n) is 10.2. The predicted molar refractivity (Wildman–Crippen MR) is 89.7 cm³/mol. The van der Waals surface area contributed by atoms with Crippen LogP contribution in [-0.2, 0) is 4.79 Å². The van der Waals surface area contributed by atoms with Crippen molar-refractivity contribution in [3.05, 3.63) is 0 Å². The molecule has 5 saturated carbocycles. The zero-order chi connectivity index (χ0) is 16.0. The predicted octanol–water partition coefficient (Wildman–Crippen LogP) is 4.21. The van der Waals surface area contributed by atoms with Crippen molar-refractivity contribution < 1.29 is 9.90 Å². The highest BCUT2D eigenvalue weighted by Gasteiger charge is 2.76. The fraction of sp³-hybridized carbons (Fsp3) is 0.952. The number of rotatable bonds is 1. The van der Waals surface area contributed by atoms with Gasteiger partial charge in [-0.25, -0.2) is 0 Å². The van der Waals surface area contributed by atoms with Crippen LogP contribution in [0.2, 0.25) is 0 Å². The fourth-order valence-electron chi connectivity index (χ4n) is 8.59. The summed E-state index contributed by atoms with van der Waals surface area (Å²) in [5, 5.41) is 10.0. The number of Topliss-reactive ketones (excluding diaryl/α,β-unsaturated/α-hetero) is 1. The Morgan fingerprint density at radius 3 is 2.57 bits per heavy atom. The molecular weight excluding hydrogens is 284 g/mol. The van der Waals surface area contributed by atoms with Crippen LogP contribution in [0.15, 0.2) is 0 Å². The Hall–Kier alpha value is -0.370. The van der Waals surface area contributed by atoms with E-state index in [0.29, 0.717) is 11.2 Å². The van der Waals surface area contributed by atoms with Crippen molar-refractivity contribution in [3.8, 4) is 0 Å². The molecule has 5 rings (SSSR count). The van der Waals surface area contributed by atoms with Gasteiger partial charge in [0.05, 0.1) is 6.10 Å². The molecule has 0 saturated heterocycles. The quantitative estimate of drug-likeness (QED) is 0.787. The molecular formula is C21H32O2. The van der Waals surface area contributed by atoms with Gasteiger partial charge in [0.1, 0.15) is 5.78 Å². The van der Waals surface area contributed by atoms with Crippen LogP contribution in [0.25, 0.3) is 0 Å². The van der Waals surface area contributed by atoms with Gasteiger partial charge in [-0.05, 0) is 106 Å². The van der Waals surface area contributed by atoms with E-state index in [4.69, 9.17) is 0 Å². The lowest BCUT2D eigenvalue weighted by atomic mass is 9.48. The molecule has 0 spiro atoms. The molecule has 2 nitrogen and oxygen atoms in total. The number of ketones is 1. The summed E-state index contributed by atoms with van der Waals surface area (Å²) in [6.45, 7) is 4.36. The molecule has 0 bridgehead atoms. The zero-order valence-electron chi connectivity index (χ0n) is 14.8. The van der Waals surface area contributed by atoms with Crippen molar-refractivity contribution in [2.45, 2.75) is 77.7 Å². The Balaban J connectivity index is 1.43. The number of aliphatic hydroxyl groups excluding tert-OH is 1. The van der Waals surface area contributed by atoms with Gasteiger partial charge in [-0.3, -0.25) is 4.79 Å². The van der Waals surface area contributed by atoms with Gasteiger partial charge >= 0.3 is 0 Å². The van der Waals surface area contributed by atoms with E-state index in [0.717, 1.165) is 48.3 Å². The molecule has 5 aliphatic carbocycles. The Labute approximate surface area is 140 Å². The smallest absolute Gasteiger partial charge is 0.136 e. The van der Waals surface area contributed by atoms with E-state index >= 15 is 0 Å². The van der Waals surface area contributed by atoms with Crippen LogP contribution in [-0.4, -0.2) is 17.0 Å². The SMILES string of the molecule is CC(=O)[C@@]12CC1C[C@H]1[C@@H]3CC[C@@H]4C[C@@H](O)CC[C@@H]4[C@H]3CC[C@@]12C. The van der Waals surface area contributed by atoms with Crippen LogP contribution in [0.4, 0.5) is 0 Å². The number of hydrogen-bond donors (Lipinski definition) is 1. The van der Waals surface area contributed by atoms with Gasteiger partial charge in [0.15, 0.2) is 0 Å². The number of carbonyl (C=O) groups excluding carboxylic acids is 1. The lowest BCUT2D eigenvalue weighted by Gasteiger charge is -2.57. The molecule has 0 aromatic carbocycles. The minimum absolute atomic E-state index is 0.0261. The second kappa shape index (κ2) is 4.62. The molecule has 0 heterocycles. The summed E-state index contributed by atoms with van der Waals surface area (Å²) in [5.74, 6) is 5.50. The van der Waals surface area contributed by atoms with Crippen molar-refractivity contribution in [3.63, 3.8) is 0 Å². The van der Waals surface area contributed by atoms with Gasteiger partial charge in [0, 0.05) is 5.41 Å². The molecule has 1 unspecified atom stereocenters. The van der Waals surface area contributed by atoms with Crippen molar-refractivity contribution in [2.75, 3.05) is 0 Å². The first kappa shape index (κ1) is 14.9. The minimum atomic E-state index is -0.0261. The second-order valence-corrected chi connectivity index (χ2v) is 10.0. The number of aliphatic hydroxyl groups is 1. The van der Waals surface area contributed by atoms with Crippen LogP contribution in [0, 0.1) is 46.3 Å². The van der Waals surface area contributed by atoms with Crippen molar-refractivity contribution in [1.29, 1.82) is 0 Å². The molecule has 5 fully saturated rings. The van der Waals surface area contributed by atoms with Gasteiger partial charge in [-0.1, -0.05) is 6.92 Å². The average Bonchev–Trinajstić information content (AvgIpc) is 3.20. The van der Waals surface area contributed by atoms with Crippen LogP contribution in [0.1, 0.15) is 71.6 Å². The Kier molecular flexibility index (Phi) is 3.00. The Bertz CT molecular complexity index is 542. The van der Waals surface area contributed by atoms with Gasteiger partial charge in [0.2, 0.25) is 0 Å². The number of fused-ring (bicyclic) bond motifs is 7. The first-order chi connectivity index (χ1) is 11.0. The molecule has 2 heteroatoms. The van der Waals surface area contributed by atoms with E-state index in [-0.39, 0.29) is 11.5 Å². The topological polar surface area (TPSA) is 37.3 Å². The standard InChI is InChI=1S/C21H32O2/c1-12(22)21-11-14(21)10-19-18-5-3-13-9-15(23)4-6-16(13)17(18)7-8-20(19,21)2/h13-19,23H,3-11H2,1-2H3/t13-,14?,15+,16+,17-,18-,19+,20+,21+/m1/s1. The maximum absolute atomic E-state index is 12.5. The lowest BCUT2D eigenvalue weighted by Crippen LogP contribution is -2.51. The van der Waals surface area contributed by atoms with E-state index in [1.807, 2.05) is 6.92 Å². The first-order valence-corrected chi connectivity index (χ1v) is 10.2. The third-order valence-corrected chi connectivity index (χ3v) is 9.61. The molecule has 9 atom stereocenters. The van der Waals surface area contributed by atoms with Crippen LogP contribution in [0.3, 0.4) is 0 Å². The van der Waals surface area contributed by atoms with E-state index in [9.17, 15) is 9.90 Å². The molecule has 23 heavy (non-hydrogen) atoms. The second-order valence-electron chi connectivity index (χ2n) is 10.0. The van der Waals surface area contributed by atoms with E-state index in [2.05, 4.69) is 6.92 Å². The molecule has 0 radical (unpaired) electrons. The monoisotopic (exact) mass is 316 g/mol. The summed E-state index contributed by atoms with van der Waals surface area (Å²) in [4.78, 5) is 12.5. The highest BCUT2D eigenvalue weighted by atomic mass is 16.3. The highest BCUT2D eigenvalue weighted by molar-refractivity contribution is 5.87. The van der Waals surface area contributed by atoms with Crippen molar-refractivity contribution in [2.24, 2.45) is 46.3 Å². The number of hydrogen-bond acceptors (Lipinski definition) is 2. The third kappa shape index (κ3) is 1.72. The maximum Gasteiger partial charge on any atom is 0.136 e. The molecule has 0 amide bonds. The zero-order valence-corrected chi connectivity index (χ0v) is 14.8. The summed E-state index contributed by atoms with van der Waals surface area (Å²) in [6, 6.07) is 0. The summed E-state index contributed by atoms with van der Waals surface area (Å²) in [5.41, 5.74) is 0.397. The molecule has 0 aliphatic heterocycles. The summed E-state index contributed by atoms with van der Waals surface area (Å²) in [6.07, 6.45) is 11.2. The van der Waals surface area contributed by atoms with E-state index in [1.165, 1.54) is 44.9 Å². The molecule has 0 aromatic rings. The number of carbonyl (C=O) groups is 1. The van der Waals surface area contributed by atoms with Crippen molar-refractivity contribution >= 4 is 5.78 Å². The van der Waals surface area contributed by atoms with Gasteiger partial charge < -0.3 is 5.11 Å². The van der Waals surface area contributed by atoms with E-state index in [1.54, 1.807) is 0 Å². The normalized spacial score (nSPS) is 60.2. The van der Waals surface area contributed by atoms with Gasteiger partial charge in [-0.2, -0.15) is 0 Å². The fourth-order valence-corrected chi connectivity index (χ4v) is 8.59. The molecule has 5 aliphatic rings. The Morgan fingerprint density at radius 1 is 1.00 bits per heavy atom. The van der Waals surface area contributed by atoms with Gasteiger partial charge in [0.25, 0.3) is 0 Å². The summed E-state index contributed by atoms with van der Waals surface area (Å²) >= 11 is 0. The molecule has 128 valence electrons. The average molecular weight is 316 g/mol.